The largest absolute Gasteiger partial charge is 0.465 e. The Balaban J connectivity index is 2.26. The number of benzene rings is 1. The first-order chi connectivity index (χ1) is 7.52. The number of hydrogen-bond donors (Lipinski definition) is 3. The Morgan fingerprint density at radius 1 is 1.38 bits per heavy atom. The molecule has 0 spiro atoms. The van der Waals surface area contributed by atoms with Crippen LogP contribution < -0.4 is 5.32 Å². The van der Waals surface area contributed by atoms with E-state index in [1.54, 1.807) is 24.3 Å². The molecular weight excluding hydrogens is 230 g/mol. The third-order valence-electron chi connectivity index (χ3n) is 2.91. The second kappa shape index (κ2) is 3.96. The van der Waals surface area contributed by atoms with Gasteiger partial charge in [-0.25, -0.2) is 4.79 Å². The van der Waals surface area contributed by atoms with E-state index in [9.17, 15) is 9.90 Å². The van der Waals surface area contributed by atoms with Gasteiger partial charge in [-0.05, 0) is 17.7 Å². The smallest absolute Gasteiger partial charge is 0.405 e. The molecule has 0 bridgehead atoms. The molecule has 4 nitrogen and oxygen atoms in total. The quantitative estimate of drug-likeness (QED) is 0.741. The van der Waals surface area contributed by atoms with Crippen molar-refractivity contribution in [3.63, 3.8) is 0 Å². The van der Waals surface area contributed by atoms with Crippen LogP contribution in [0.1, 0.15) is 18.4 Å². The first-order valence-corrected chi connectivity index (χ1v) is 5.35. The summed E-state index contributed by atoms with van der Waals surface area (Å²) in [4.78, 5) is 10.7. The molecule has 1 amide bonds. The second-order valence-electron chi connectivity index (χ2n) is 4.08. The number of aliphatic hydroxyl groups excluding tert-OH is 1. The van der Waals surface area contributed by atoms with Gasteiger partial charge in [-0.1, -0.05) is 23.7 Å². The van der Waals surface area contributed by atoms with Crippen molar-refractivity contribution >= 4 is 17.7 Å². The molecule has 1 aliphatic rings. The number of carbonyl (C=O) groups is 1. The molecule has 2 rings (SSSR count). The van der Waals surface area contributed by atoms with Gasteiger partial charge in [-0.3, -0.25) is 0 Å². The topological polar surface area (TPSA) is 69.6 Å². The maximum Gasteiger partial charge on any atom is 0.405 e. The summed E-state index contributed by atoms with van der Waals surface area (Å²) in [5.74, 6) is 0. The van der Waals surface area contributed by atoms with Crippen LogP contribution in [0.25, 0.3) is 0 Å². The fourth-order valence-electron chi connectivity index (χ4n) is 2.13. The highest BCUT2D eigenvalue weighted by Gasteiger charge is 2.46. The summed E-state index contributed by atoms with van der Waals surface area (Å²) in [5, 5.41) is 21.2. The molecule has 1 saturated carbocycles. The Kier molecular flexibility index (Phi) is 2.78. The van der Waals surface area contributed by atoms with Crippen molar-refractivity contribution in [3.05, 3.63) is 34.9 Å². The molecule has 1 aromatic rings. The number of hydrogen-bond acceptors (Lipinski definition) is 2. The lowest BCUT2D eigenvalue weighted by atomic mass is 9.70. The Hall–Kier alpha value is -1.26. The molecule has 0 unspecified atom stereocenters. The molecule has 5 heteroatoms. The minimum Gasteiger partial charge on any atom is -0.465 e. The monoisotopic (exact) mass is 241 g/mol. The van der Waals surface area contributed by atoms with E-state index in [0.29, 0.717) is 17.9 Å². The average molecular weight is 242 g/mol. The van der Waals surface area contributed by atoms with E-state index in [1.165, 1.54) is 0 Å². The summed E-state index contributed by atoms with van der Waals surface area (Å²) in [6, 6.07) is 6.99. The van der Waals surface area contributed by atoms with Gasteiger partial charge in [0, 0.05) is 17.9 Å². The Bertz CT molecular complexity index is 398. The number of carboxylic acid groups (broad SMARTS) is 1. The van der Waals surface area contributed by atoms with Gasteiger partial charge in [-0.2, -0.15) is 0 Å². The van der Waals surface area contributed by atoms with Crippen LogP contribution in [0.5, 0.6) is 0 Å². The minimum absolute atomic E-state index is 0.404. The van der Waals surface area contributed by atoms with Crippen LogP contribution >= 0.6 is 11.6 Å². The zero-order valence-electron chi connectivity index (χ0n) is 8.48. The van der Waals surface area contributed by atoms with Gasteiger partial charge < -0.3 is 15.5 Å². The summed E-state index contributed by atoms with van der Waals surface area (Å²) >= 11 is 5.77. The Morgan fingerprint density at radius 2 is 1.94 bits per heavy atom. The SMILES string of the molecule is O=C(O)N[C@]1(c2ccc(Cl)cc2)C[C@@H](O)C1. The van der Waals surface area contributed by atoms with Crippen LogP contribution in [0.3, 0.4) is 0 Å². The van der Waals surface area contributed by atoms with Crippen LogP contribution in [0.2, 0.25) is 5.02 Å². The van der Waals surface area contributed by atoms with Gasteiger partial charge >= 0.3 is 6.09 Å². The van der Waals surface area contributed by atoms with E-state index in [1.807, 2.05) is 0 Å². The zero-order chi connectivity index (χ0) is 11.8. The zero-order valence-corrected chi connectivity index (χ0v) is 9.24. The summed E-state index contributed by atoms with van der Waals surface area (Å²) in [6.07, 6.45) is -0.716. The highest BCUT2D eigenvalue weighted by Crippen LogP contribution is 2.41. The number of nitrogens with one attached hydrogen (secondary N) is 1. The summed E-state index contributed by atoms with van der Waals surface area (Å²) in [7, 11) is 0. The van der Waals surface area contributed by atoms with E-state index < -0.39 is 17.7 Å². The van der Waals surface area contributed by atoms with Gasteiger partial charge in [0.2, 0.25) is 0 Å². The standard InChI is InChI=1S/C11H12ClNO3/c12-8-3-1-7(2-4-8)11(13-10(15)16)5-9(14)6-11/h1-4,9,13-14H,5-6H2,(H,15,16)/t9-,11-. The van der Waals surface area contributed by atoms with Gasteiger partial charge in [-0.15, -0.1) is 0 Å². The van der Waals surface area contributed by atoms with Crippen molar-refractivity contribution < 1.29 is 15.0 Å². The molecule has 0 radical (unpaired) electrons. The number of aliphatic hydroxyl groups is 1. The van der Waals surface area contributed by atoms with Crippen LogP contribution in [0, 0.1) is 0 Å². The fraction of sp³-hybridized carbons (Fsp3) is 0.364. The summed E-state index contributed by atoms with van der Waals surface area (Å²) < 4.78 is 0. The summed E-state index contributed by atoms with van der Waals surface area (Å²) in [6.45, 7) is 0. The van der Waals surface area contributed by atoms with Crippen LogP contribution in [-0.2, 0) is 5.54 Å². The molecule has 0 aliphatic heterocycles. The maximum absolute atomic E-state index is 10.7. The van der Waals surface area contributed by atoms with Gasteiger partial charge in [0.1, 0.15) is 0 Å². The third-order valence-corrected chi connectivity index (χ3v) is 3.16. The van der Waals surface area contributed by atoms with Gasteiger partial charge in [0.15, 0.2) is 0 Å². The minimum atomic E-state index is -1.08. The van der Waals surface area contributed by atoms with Crippen molar-refractivity contribution in [3.8, 4) is 0 Å². The molecule has 0 saturated heterocycles. The molecule has 86 valence electrons. The van der Waals surface area contributed by atoms with Crippen LogP contribution in [0.15, 0.2) is 24.3 Å². The highest BCUT2D eigenvalue weighted by molar-refractivity contribution is 6.30. The van der Waals surface area contributed by atoms with Crippen molar-refractivity contribution in [2.45, 2.75) is 24.5 Å². The van der Waals surface area contributed by atoms with E-state index >= 15 is 0 Å². The molecule has 0 atom stereocenters. The van der Waals surface area contributed by atoms with Crippen LogP contribution in [-0.4, -0.2) is 22.4 Å². The fourth-order valence-corrected chi connectivity index (χ4v) is 2.25. The molecule has 0 heterocycles. The van der Waals surface area contributed by atoms with Crippen molar-refractivity contribution in [1.29, 1.82) is 0 Å². The lowest BCUT2D eigenvalue weighted by Crippen LogP contribution is -2.56. The highest BCUT2D eigenvalue weighted by atomic mass is 35.5. The first-order valence-electron chi connectivity index (χ1n) is 4.97. The Labute approximate surface area is 97.9 Å². The molecule has 0 aromatic heterocycles. The van der Waals surface area contributed by atoms with Gasteiger partial charge in [0.25, 0.3) is 0 Å². The van der Waals surface area contributed by atoms with E-state index in [-0.39, 0.29) is 0 Å². The molecule has 1 aromatic carbocycles. The number of amides is 1. The average Bonchev–Trinajstić information content (AvgIpc) is 2.15. The maximum atomic E-state index is 10.7. The van der Waals surface area contributed by atoms with E-state index in [4.69, 9.17) is 16.7 Å². The van der Waals surface area contributed by atoms with E-state index in [0.717, 1.165) is 5.56 Å². The first kappa shape index (κ1) is 11.2. The molecule has 3 N–H and O–H groups in total. The van der Waals surface area contributed by atoms with E-state index in [2.05, 4.69) is 5.32 Å². The van der Waals surface area contributed by atoms with Gasteiger partial charge in [0.05, 0.1) is 11.6 Å². The van der Waals surface area contributed by atoms with Crippen molar-refractivity contribution in [2.75, 3.05) is 0 Å². The van der Waals surface area contributed by atoms with Crippen molar-refractivity contribution in [2.24, 2.45) is 0 Å². The predicted molar refractivity (Wildman–Crippen MR) is 59.5 cm³/mol. The number of rotatable bonds is 2. The summed E-state index contributed by atoms with van der Waals surface area (Å²) in [5.41, 5.74) is 0.181. The number of halogens is 1. The molecular formula is C11H12ClNO3. The van der Waals surface area contributed by atoms with Crippen molar-refractivity contribution in [1.82, 2.24) is 5.32 Å². The molecule has 1 aliphatic carbocycles. The lowest BCUT2D eigenvalue weighted by molar-refractivity contribution is 0.00172. The normalized spacial score (nSPS) is 28.2. The molecule has 1 fully saturated rings. The second-order valence-corrected chi connectivity index (χ2v) is 4.52. The third kappa shape index (κ3) is 1.99. The van der Waals surface area contributed by atoms with Crippen LogP contribution in [0.4, 0.5) is 4.79 Å². The lowest BCUT2D eigenvalue weighted by Gasteiger charge is -2.45. The molecule has 16 heavy (non-hydrogen) atoms. The Morgan fingerprint density at radius 3 is 2.38 bits per heavy atom. The predicted octanol–water partition coefficient (Wildman–Crippen LogP) is 1.96.